The summed E-state index contributed by atoms with van der Waals surface area (Å²) >= 11 is 0. The van der Waals surface area contributed by atoms with E-state index >= 15 is 0 Å². The van der Waals surface area contributed by atoms with Crippen molar-refractivity contribution < 1.29 is 28.6 Å². The summed E-state index contributed by atoms with van der Waals surface area (Å²) < 4.78 is 18.2. The van der Waals surface area contributed by atoms with Crippen molar-refractivity contribution in [3.63, 3.8) is 0 Å². The van der Waals surface area contributed by atoms with E-state index in [1.807, 2.05) is 45.9 Å². The van der Waals surface area contributed by atoms with E-state index < -0.39 is 29.7 Å². The fraction of sp³-hybridized carbons (Fsp3) is 0.686. The highest BCUT2D eigenvalue weighted by molar-refractivity contribution is 5.92. The molecule has 2 bridgehead atoms. The molecular formula is C35H48N4O6. The number of methoxy groups -OCH3 is 1. The van der Waals surface area contributed by atoms with Gasteiger partial charge < -0.3 is 24.4 Å². The molecule has 2 aromatic rings. The van der Waals surface area contributed by atoms with Gasteiger partial charge in [-0.2, -0.15) is 0 Å². The molecule has 1 aromatic carbocycles. The largest absolute Gasteiger partial charge is 0.497 e. The van der Waals surface area contributed by atoms with Gasteiger partial charge in [0.05, 0.1) is 30.7 Å². The smallest absolute Gasteiger partial charge is 0.408 e. The third-order valence-electron chi connectivity index (χ3n) is 10.6. The Hall–Kier alpha value is -3.43. The van der Waals surface area contributed by atoms with Crippen molar-refractivity contribution in [2.24, 2.45) is 29.1 Å². The molecule has 6 rings (SSSR count). The van der Waals surface area contributed by atoms with E-state index in [4.69, 9.17) is 24.2 Å². The van der Waals surface area contributed by atoms with Crippen LogP contribution in [-0.2, 0) is 20.7 Å². The van der Waals surface area contributed by atoms with Gasteiger partial charge in [-0.1, -0.05) is 40.5 Å². The van der Waals surface area contributed by atoms with Gasteiger partial charge in [0.1, 0.15) is 29.7 Å². The molecule has 1 N–H and O–H groups in total. The highest BCUT2D eigenvalue weighted by Gasteiger charge is 2.55. The van der Waals surface area contributed by atoms with E-state index in [-0.39, 0.29) is 30.3 Å². The van der Waals surface area contributed by atoms with Crippen LogP contribution in [0.1, 0.15) is 85.3 Å². The lowest BCUT2D eigenvalue weighted by Crippen LogP contribution is -2.57. The summed E-state index contributed by atoms with van der Waals surface area (Å²) in [5, 5.41) is 2.94. The molecule has 1 saturated heterocycles. The number of alkyl carbamates (subject to hydrolysis) is 1. The summed E-state index contributed by atoms with van der Waals surface area (Å²) in [6.07, 6.45) is 6.31. The molecule has 10 heteroatoms. The maximum Gasteiger partial charge on any atom is 0.408 e. The van der Waals surface area contributed by atoms with Crippen LogP contribution in [0.4, 0.5) is 4.79 Å². The second-order valence-corrected chi connectivity index (χ2v) is 14.7. The highest BCUT2D eigenvalue weighted by Crippen LogP contribution is 2.57. The molecule has 10 nitrogen and oxygen atoms in total. The van der Waals surface area contributed by atoms with E-state index in [2.05, 4.69) is 5.32 Å². The van der Waals surface area contributed by atoms with Crippen molar-refractivity contribution in [2.75, 3.05) is 13.7 Å². The van der Waals surface area contributed by atoms with E-state index in [0.29, 0.717) is 47.7 Å². The van der Waals surface area contributed by atoms with Crippen LogP contribution in [0.3, 0.4) is 0 Å². The van der Waals surface area contributed by atoms with E-state index in [1.165, 1.54) is 13.3 Å². The zero-order chi connectivity index (χ0) is 32.0. The zero-order valence-electron chi connectivity index (χ0n) is 27.5. The molecule has 2 saturated carbocycles. The van der Waals surface area contributed by atoms with Crippen LogP contribution in [0.15, 0.2) is 18.2 Å². The van der Waals surface area contributed by atoms with Crippen LogP contribution in [0, 0.1) is 29.1 Å². The summed E-state index contributed by atoms with van der Waals surface area (Å²) in [4.78, 5) is 52.4. The van der Waals surface area contributed by atoms with Crippen LogP contribution in [0.5, 0.6) is 11.6 Å². The predicted octanol–water partition coefficient (Wildman–Crippen LogP) is 5.49. The Labute approximate surface area is 266 Å². The Bertz CT molecular complexity index is 1460. The second-order valence-electron chi connectivity index (χ2n) is 14.7. The Morgan fingerprint density at radius 1 is 1.04 bits per heavy atom. The molecule has 4 aliphatic rings. The van der Waals surface area contributed by atoms with Crippen LogP contribution >= 0.6 is 0 Å². The number of rotatable bonds is 3. The number of Topliss-reactive ketones (excluding diaryl/α,β-unsaturated/α-hetero) is 1. The topological polar surface area (TPSA) is 120 Å². The van der Waals surface area contributed by atoms with Crippen molar-refractivity contribution in [1.82, 2.24) is 20.2 Å². The van der Waals surface area contributed by atoms with Gasteiger partial charge in [-0.25, -0.2) is 14.8 Å². The van der Waals surface area contributed by atoms with Gasteiger partial charge in [-0.3, -0.25) is 9.59 Å². The Morgan fingerprint density at radius 3 is 2.56 bits per heavy atom. The standard InChI is InChI=1S/C35H48N4O6/c1-7-22-29-18-39(30(22)19(2)40)33(41)31(35(3,4)5)38-34(42)45-28-16-20-15-24(20)23(28)11-9-8-10-12-26-32(44-29)37-27-17-21(43-6)13-14-25(27)36-26/h13-14,17,20,22-24,28-31H,7-12,15-16,18H2,1-6H3,(H,38,42)/t20-,22-,23-,24-,28-,29+,30-,31-/m1/s1. The fourth-order valence-corrected chi connectivity index (χ4v) is 8.12. The molecule has 0 unspecified atom stereocenters. The number of benzene rings is 1. The van der Waals surface area contributed by atoms with Crippen molar-refractivity contribution in [3.8, 4) is 11.6 Å². The Balaban J connectivity index is 1.38. The summed E-state index contributed by atoms with van der Waals surface area (Å²) in [6, 6.07) is 4.09. The highest BCUT2D eigenvalue weighted by atomic mass is 16.6. The van der Waals surface area contributed by atoms with E-state index in [1.54, 1.807) is 12.0 Å². The van der Waals surface area contributed by atoms with Crippen LogP contribution in [0.2, 0.25) is 0 Å². The molecule has 0 spiro atoms. The number of fused-ring (bicyclic) bond motifs is 7. The first-order valence-corrected chi connectivity index (χ1v) is 16.8. The molecule has 1 aromatic heterocycles. The summed E-state index contributed by atoms with van der Waals surface area (Å²) in [6.45, 7) is 9.51. The minimum atomic E-state index is -0.875. The molecular weight excluding hydrogens is 572 g/mol. The molecule has 2 amide bonds. The van der Waals surface area contributed by atoms with Gasteiger partial charge in [0.2, 0.25) is 11.8 Å². The minimum Gasteiger partial charge on any atom is -0.497 e. The number of nitrogens with zero attached hydrogens (tertiary/aromatic N) is 3. The van der Waals surface area contributed by atoms with Crippen LogP contribution < -0.4 is 14.8 Å². The second kappa shape index (κ2) is 12.4. The first-order chi connectivity index (χ1) is 21.5. The maximum absolute atomic E-state index is 14.3. The number of aryl methyl sites for hydroxylation is 1. The lowest BCUT2D eigenvalue weighted by Gasteiger charge is -2.36. The van der Waals surface area contributed by atoms with Crippen molar-refractivity contribution in [1.29, 1.82) is 0 Å². The van der Waals surface area contributed by atoms with Crippen LogP contribution in [-0.4, -0.2) is 70.6 Å². The number of carbonyl (C=O) groups excluding carboxylic acids is 3. The lowest BCUT2D eigenvalue weighted by atomic mass is 9.85. The number of amides is 2. The number of ether oxygens (including phenoxy) is 3. The van der Waals surface area contributed by atoms with Crippen molar-refractivity contribution >= 4 is 28.8 Å². The molecule has 2 aliphatic carbocycles. The van der Waals surface area contributed by atoms with E-state index in [9.17, 15) is 14.4 Å². The number of hydrogen-bond acceptors (Lipinski definition) is 8. The lowest BCUT2D eigenvalue weighted by molar-refractivity contribution is -0.141. The Morgan fingerprint density at radius 2 is 1.84 bits per heavy atom. The number of ketones is 1. The van der Waals surface area contributed by atoms with Gasteiger partial charge in [-0.15, -0.1) is 0 Å². The normalized spacial score (nSPS) is 32.3. The first kappa shape index (κ1) is 31.5. The average Bonchev–Trinajstić information content (AvgIpc) is 3.52. The molecule has 8 atom stereocenters. The molecule has 3 heterocycles. The molecule has 244 valence electrons. The number of aromatic nitrogens is 2. The average molecular weight is 621 g/mol. The number of nitrogens with one attached hydrogen (secondary N) is 1. The van der Waals surface area contributed by atoms with Gasteiger partial charge in [0, 0.05) is 12.0 Å². The summed E-state index contributed by atoms with van der Waals surface area (Å²) in [5.74, 6) is 2.09. The SMILES string of the molecule is CC[C@@H]1[C@@H]2CN(C(=O)[C@H](C(C)(C)C)NC(=O)O[C@@H]3C[C@H]4C[C@H]4[C@H]3CCCCCc3nc4ccc(OC)cc4nc3O2)[C@@H]1C(C)=O. The third kappa shape index (κ3) is 6.34. The quantitative estimate of drug-likeness (QED) is 0.478. The predicted molar refractivity (Wildman–Crippen MR) is 169 cm³/mol. The van der Waals surface area contributed by atoms with Crippen molar-refractivity contribution in [2.45, 2.75) is 110 Å². The molecule has 2 aliphatic heterocycles. The maximum atomic E-state index is 14.3. The van der Waals surface area contributed by atoms with Crippen LogP contribution in [0.25, 0.3) is 11.0 Å². The zero-order valence-corrected chi connectivity index (χ0v) is 27.5. The van der Waals surface area contributed by atoms with Crippen molar-refractivity contribution in [3.05, 3.63) is 23.9 Å². The first-order valence-electron chi connectivity index (χ1n) is 16.8. The molecule has 3 fully saturated rings. The van der Waals surface area contributed by atoms with Gasteiger partial charge in [0.25, 0.3) is 0 Å². The third-order valence-corrected chi connectivity index (χ3v) is 10.6. The summed E-state index contributed by atoms with van der Waals surface area (Å²) in [7, 11) is 1.62. The fourth-order valence-electron chi connectivity index (χ4n) is 8.12. The van der Waals surface area contributed by atoms with Gasteiger partial charge in [0.15, 0.2) is 5.78 Å². The summed E-state index contributed by atoms with van der Waals surface area (Å²) in [5.41, 5.74) is 1.61. The Kier molecular flexibility index (Phi) is 8.69. The number of hydrogen-bond donors (Lipinski definition) is 1. The minimum absolute atomic E-state index is 0.106. The van der Waals surface area contributed by atoms with E-state index in [0.717, 1.165) is 43.3 Å². The monoisotopic (exact) mass is 620 g/mol. The number of carbonyl (C=O) groups is 3. The van der Waals surface area contributed by atoms with Gasteiger partial charge >= 0.3 is 6.09 Å². The van der Waals surface area contributed by atoms with Gasteiger partial charge in [-0.05, 0) is 80.8 Å². The molecule has 0 radical (unpaired) electrons. The molecule has 45 heavy (non-hydrogen) atoms.